The predicted octanol–water partition coefficient (Wildman–Crippen LogP) is -0.127. The molecule has 1 heterocycles. The molecule has 1 aliphatic rings. The van der Waals surface area contributed by atoms with Gasteiger partial charge in [-0.3, -0.25) is 9.59 Å². The third-order valence-electron chi connectivity index (χ3n) is 2.95. The number of rotatable bonds is 5. The van der Waals surface area contributed by atoms with Gasteiger partial charge in [0.2, 0.25) is 11.8 Å². The minimum Gasteiger partial charge on any atom is -0.354 e. The fraction of sp³-hybridized carbons (Fsp3) is 0.833. The van der Waals surface area contributed by atoms with Gasteiger partial charge >= 0.3 is 0 Å². The highest BCUT2D eigenvalue weighted by Gasteiger charge is 2.29. The van der Waals surface area contributed by atoms with Crippen molar-refractivity contribution in [3.8, 4) is 0 Å². The molecule has 1 saturated heterocycles. The largest absolute Gasteiger partial charge is 0.354 e. The molecule has 1 rings (SSSR count). The van der Waals surface area contributed by atoms with E-state index in [1.807, 2.05) is 20.8 Å². The highest BCUT2D eigenvalue weighted by atomic mass is 16.2. The Bertz CT molecular complexity index is 279. The van der Waals surface area contributed by atoms with Crippen molar-refractivity contribution in [2.45, 2.75) is 33.2 Å². The van der Waals surface area contributed by atoms with Crippen molar-refractivity contribution < 1.29 is 9.59 Å². The molecule has 0 aromatic rings. The molecule has 0 spiro atoms. The lowest BCUT2D eigenvalue weighted by atomic mass is 10.0. The molecule has 1 fully saturated rings. The van der Waals surface area contributed by atoms with Crippen LogP contribution in [0.4, 0.5) is 0 Å². The second kappa shape index (κ2) is 6.59. The second-order valence-electron chi connectivity index (χ2n) is 5.11. The maximum absolute atomic E-state index is 11.7. The Morgan fingerprint density at radius 2 is 2.06 bits per heavy atom. The molecule has 0 aliphatic carbocycles. The molecule has 2 unspecified atom stereocenters. The van der Waals surface area contributed by atoms with Crippen molar-refractivity contribution in [1.29, 1.82) is 0 Å². The molecule has 5 heteroatoms. The zero-order valence-electron chi connectivity index (χ0n) is 10.9. The average Bonchev–Trinajstić information content (AvgIpc) is 2.69. The summed E-state index contributed by atoms with van der Waals surface area (Å²) < 4.78 is 0. The van der Waals surface area contributed by atoms with Crippen LogP contribution in [-0.2, 0) is 9.59 Å². The molecule has 0 radical (unpaired) electrons. The van der Waals surface area contributed by atoms with E-state index in [9.17, 15) is 9.59 Å². The molecule has 0 aromatic carbocycles. The summed E-state index contributed by atoms with van der Waals surface area (Å²) in [6.07, 6.45) is 1.01. The SMILES string of the molecule is CC(C)CNC(=O)CNC(=O)C1NCCC1C. The number of hydrogen-bond donors (Lipinski definition) is 3. The second-order valence-corrected chi connectivity index (χ2v) is 5.11. The molecule has 3 N–H and O–H groups in total. The zero-order valence-corrected chi connectivity index (χ0v) is 10.9. The fourth-order valence-electron chi connectivity index (χ4n) is 1.84. The van der Waals surface area contributed by atoms with E-state index < -0.39 is 0 Å². The van der Waals surface area contributed by atoms with Crippen molar-refractivity contribution >= 4 is 11.8 Å². The Morgan fingerprint density at radius 3 is 2.59 bits per heavy atom. The van der Waals surface area contributed by atoms with Gasteiger partial charge in [0.25, 0.3) is 0 Å². The van der Waals surface area contributed by atoms with E-state index in [1.54, 1.807) is 0 Å². The van der Waals surface area contributed by atoms with Crippen LogP contribution in [0.15, 0.2) is 0 Å². The molecule has 2 amide bonds. The van der Waals surface area contributed by atoms with Crippen LogP contribution in [0, 0.1) is 11.8 Å². The van der Waals surface area contributed by atoms with Crippen molar-refractivity contribution in [2.75, 3.05) is 19.6 Å². The number of carbonyl (C=O) groups is 2. The maximum Gasteiger partial charge on any atom is 0.239 e. The van der Waals surface area contributed by atoms with E-state index in [2.05, 4.69) is 16.0 Å². The lowest BCUT2D eigenvalue weighted by molar-refractivity contribution is -0.127. The quantitative estimate of drug-likeness (QED) is 0.628. The molecule has 0 aromatic heterocycles. The van der Waals surface area contributed by atoms with Crippen LogP contribution in [0.3, 0.4) is 0 Å². The summed E-state index contributed by atoms with van der Waals surface area (Å²) in [7, 11) is 0. The summed E-state index contributed by atoms with van der Waals surface area (Å²) in [6, 6.07) is -0.145. The number of nitrogens with one attached hydrogen (secondary N) is 3. The van der Waals surface area contributed by atoms with E-state index in [1.165, 1.54) is 0 Å². The lowest BCUT2D eigenvalue weighted by Gasteiger charge is -2.15. The summed E-state index contributed by atoms with van der Waals surface area (Å²) in [5.74, 6) is 0.562. The summed E-state index contributed by atoms with van der Waals surface area (Å²) >= 11 is 0. The monoisotopic (exact) mass is 241 g/mol. The van der Waals surface area contributed by atoms with Crippen molar-refractivity contribution in [1.82, 2.24) is 16.0 Å². The molecule has 0 saturated carbocycles. The van der Waals surface area contributed by atoms with Gasteiger partial charge in [-0.1, -0.05) is 20.8 Å². The van der Waals surface area contributed by atoms with Crippen LogP contribution in [0.2, 0.25) is 0 Å². The number of hydrogen-bond acceptors (Lipinski definition) is 3. The lowest BCUT2D eigenvalue weighted by Crippen LogP contribution is -2.47. The molecule has 17 heavy (non-hydrogen) atoms. The van der Waals surface area contributed by atoms with Gasteiger partial charge in [-0.15, -0.1) is 0 Å². The maximum atomic E-state index is 11.7. The van der Waals surface area contributed by atoms with Gasteiger partial charge in [0.1, 0.15) is 0 Å². The smallest absolute Gasteiger partial charge is 0.239 e. The van der Waals surface area contributed by atoms with Gasteiger partial charge in [-0.05, 0) is 24.8 Å². The molecule has 5 nitrogen and oxygen atoms in total. The Hall–Kier alpha value is -1.10. The average molecular weight is 241 g/mol. The standard InChI is InChI=1S/C12H23N3O2/c1-8(2)6-14-10(16)7-15-12(17)11-9(3)4-5-13-11/h8-9,11,13H,4-7H2,1-3H3,(H,14,16)(H,15,17). The van der Waals surface area contributed by atoms with Crippen LogP contribution in [-0.4, -0.2) is 37.5 Å². The highest BCUT2D eigenvalue weighted by Crippen LogP contribution is 2.13. The van der Waals surface area contributed by atoms with Crippen molar-refractivity contribution in [2.24, 2.45) is 11.8 Å². The summed E-state index contributed by atoms with van der Waals surface area (Å²) in [5, 5.41) is 8.57. The minimum atomic E-state index is -0.145. The Balaban J connectivity index is 2.21. The Kier molecular flexibility index (Phi) is 5.41. The fourth-order valence-corrected chi connectivity index (χ4v) is 1.84. The van der Waals surface area contributed by atoms with Crippen molar-refractivity contribution in [3.05, 3.63) is 0 Å². The van der Waals surface area contributed by atoms with E-state index in [-0.39, 0.29) is 24.4 Å². The van der Waals surface area contributed by atoms with Crippen LogP contribution in [0.5, 0.6) is 0 Å². The first-order chi connectivity index (χ1) is 8.00. The van der Waals surface area contributed by atoms with E-state index in [0.717, 1.165) is 13.0 Å². The molecule has 0 bridgehead atoms. The van der Waals surface area contributed by atoms with Crippen LogP contribution >= 0.6 is 0 Å². The molecule has 98 valence electrons. The van der Waals surface area contributed by atoms with Gasteiger partial charge in [0.05, 0.1) is 12.6 Å². The van der Waals surface area contributed by atoms with Crippen molar-refractivity contribution in [3.63, 3.8) is 0 Å². The van der Waals surface area contributed by atoms with Gasteiger partial charge in [-0.2, -0.15) is 0 Å². The third-order valence-corrected chi connectivity index (χ3v) is 2.95. The topological polar surface area (TPSA) is 70.2 Å². The summed E-state index contributed by atoms with van der Waals surface area (Å²) in [4.78, 5) is 23.1. The van der Waals surface area contributed by atoms with Gasteiger partial charge in [-0.25, -0.2) is 0 Å². The van der Waals surface area contributed by atoms with Crippen LogP contribution in [0.25, 0.3) is 0 Å². The first kappa shape index (κ1) is 14.0. The minimum absolute atomic E-state index is 0.0659. The highest BCUT2D eigenvalue weighted by molar-refractivity contribution is 5.87. The third kappa shape index (κ3) is 4.73. The van der Waals surface area contributed by atoms with Gasteiger partial charge in [0.15, 0.2) is 0 Å². The van der Waals surface area contributed by atoms with E-state index in [4.69, 9.17) is 0 Å². The van der Waals surface area contributed by atoms with E-state index in [0.29, 0.717) is 18.4 Å². The number of amides is 2. The first-order valence-electron chi connectivity index (χ1n) is 6.28. The molecule has 1 aliphatic heterocycles. The summed E-state index contributed by atoms with van der Waals surface area (Å²) in [5.41, 5.74) is 0. The van der Waals surface area contributed by atoms with Gasteiger partial charge in [0, 0.05) is 6.54 Å². The number of carbonyl (C=O) groups excluding carboxylic acids is 2. The zero-order chi connectivity index (χ0) is 12.8. The normalized spacial score (nSPS) is 23.8. The van der Waals surface area contributed by atoms with Gasteiger partial charge < -0.3 is 16.0 Å². The molecular formula is C12H23N3O2. The Labute approximate surface area is 103 Å². The Morgan fingerprint density at radius 1 is 1.35 bits per heavy atom. The predicted molar refractivity (Wildman–Crippen MR) is 66.4 cm³/mol. The van der Waals surface area contributed by atoms with Crippen LogP contribution in [0.1, 0.15) is 27.2 Å². The molecule has 2 atom stereocenters. The van der Waals surface area contributed by atoms with Crippen LogP contribution < -0.4 is 16.0 Å². The first-order valence-corrected chi connectivity index (χ1v) is 6.28. The summed E-state index contributed by atoms with van der Waals surface area (Å²) in [6.45, 7) is 7.69. The molecular weight excluding hydrogens is 218 g/mol. The van der Waals surface area contributed by atoms with E-state index >= 15 is 0 Å².